The molecule has 144 valence electrons. The summed E-state index contributed by atoms with van der Waals surface area (Å²) < 4.78 is 0. The van der Waals surface area contributed by atoms with E-state index in [9.17, 15) is 9.59 Å². The van der Waals surface area contributed by atoms with Crippen LogP contribution in [-0.4, -0.2) is 29.8 Å². The van der Waals surface area contributed by atoms with E-state index in [1.165, 1.54) is 5.56 Å². The van der Waals surface area contributed by atoms with Gasteiger partial charge < -0.3 is 10.6 Å². The van der Waals surface area contributed by atoms with E-state index in [1.807, 2.05) is 4.90 Å². The molecule has 2 N–H and O–H groups in total. The number of primary amides is 1. The van der Waals surface area contributed by atoms with Gasteiger partial charge in [-0.15, -0.1) is 0 Å². The van der Waals surface area contributed by atoms with Gasteiger partial charge in [0.1, 0.15) is 0 Å². The van der Waals surface area contributed by atoms with Gasteiger partial charge in [-0.1, -0.05) is 24.3 Å². The Morgan fingerprint density at radius 2 is 1.61 bits per heavy atom. The van der Waals surface area contributed by atoms with Crippen LogP contribution in [0.3, 0.4) is 0 Å². The Labute approximate surface area is 165 Å². The number of likely N-dealkylation sites (tertiary alicyclic amines) is 1. The number of aryl methyl sites for hydroxylation is 1. The second-order valence-electron chi connectivity index (χ2n) is 7.41. The lowest BCUT2D eigenvalue weighted by Crippen LogP contribution is -2.38. The fourth-order valence-corrected chi connectivity index (χ4v) is 3.65. The van der Waals surface area contributed by atoms with Crippen molar-refractivity contribution in [3.63, 3.8) is 0 Å². The van der Waals surface area contributed by atoms with E-state index in [0.29, 0.717) is 29.9 Å². The molecule has 2 amide bonds. The topological polar surface area (TPSA) is 87.2 Å². The third kappa shape index (κ3) is 5.20. The standard InChI is InChI=1S/C23H25N3O2/c24-16-20-5-8-21(9-6-20)23(28)26-13-11-19(12-14-26)15-18-3-1-17(2-4-18)7-10-22(25)27/h1-6,8-9,19H,7,10-15H2,(H2,25,27). The summed E-state index contributed by atoms with van der Waals surface area (Å²) in [4.78, 5) is 25.4. The van der Waals surface area contributed by atoms with Gasteiger partial charge in [0, 0.05) is 25.1 Å². The molecule has 1 saturated heterocycles. The van der Waals surface area contributed by atoms with E-state index >= 15 is 0 Å². The molecule has 2 aromatic carbocycles. The van der Waals surface area contributed by atoms with Gasteiger partial charge >= 0.3 is 0 Å². The van der Waals surface area contributed by atoms with Crippen molar-refractivity contribution in [2.24, 2.45) is 11.7 Å². The van der Waals surface area contributed by atoms with Crippen LogP contribution >= 0.6 is 0 Å². The van der Waals surface area contributed by atoms with E-state index in [1.54, 1.807) is 24.3 Å². The average molecular weight is 375 g/mol. The summed E-state index contributed by atoms with van der Waals surface area (Å²) in [7, 11) is 0. The number of carbonyl (C=O) groups is 2. The highest BCUT2D eigenvalue weighted by Gasteiger charge is 2.23. The van der Waals surface area contributed by atoms with Crippen LogP contribution in [0.5, 0.6) is 0 Å². The molecule has 0 saturated carbocycles. The van der Waals surface area contributed by atoms with Gasteiger partial charge in [-0.2, -0.15) is 5.26 Å². The summed E-state index contributed by atoms with van der Waals surface area (Å²) in [5.74, 6) is 0.342. The first-order valence-corrected chi connectivity index (χ1v) is 9.70. The van der Waals surface area contributed by atoms with Crippen molar-refractivity contribution in [1.82, 2.24) is 4.90 Å². The van der Waals surface area contributed by atoms with Crippen molar-refractivity contribution >= 4 is 11.8 Å². The van der Waals surface area contributed by atoms with E-state index in [-0.39, 0.29) is 11.8 Å². The van der Waals surface area contributed by atoms with Crippen LogP contribution in [0, 0.1) is 17.2 Å². The number of piperidine rings is 1. The van der Waals surface area contributed by atoms with Crippen LogP contribution in [0.2, 0.25) is 0 Å². The lowest BCUT2D eigenvalue weighted by Gasteiger charge is -2.32. The number of carbonyl (C=O) groups excluding carboxylic acids is 2. The van der Waals surface area contributed by atoms with Gasteiger partial charge in [-0.3, -0.25) is 9.59 Å². The maximum atomic E-state index is 12.6. The third-order valence-electron chi connectivity index (χ3n) is 5.37. The second-order valence-corrected chi connectivity index (χ2v) is 7.41. The van der Waals surface area contributed by atoms with Gasteiger partial charge in [0.25, 0.3) is 5.91 Å². The highest BCUT2D eigenvalue weighted by Crippen LogP contribution is 2.23. The largest absolute Gasteiger partial charge is 0.370 e. The minimum absolute atomic E-state index is 0.0433. The first-order chi connectivity index (χ1) is 13.5. The average Bonchev–Trinajstić information content (AvgIpc) is 2.73. The minimum Gasteiger partial charge on any atom is -0.370 e. The Morgan fingerprint density at radius 3 is 2.18 bits per heavy atom. The van der Waals surface area contributed by atoms with Crippen molar-refractivity contribution < 1.29 is 9.59 Å². The Morgan fingerprint density at radius 1 is 1.00 bits per heavy atom. The first kappa shape index (κ1) is 19.6. The Kier molecular flexibility index (Phi) is 6.44. The smallest absolute Gasteiger partial charge is 0.253 e. The number of amides is 2. The van der Waals surface area contributed by atoms with Gasteiger partial charge in [-0.05, 0) is 67.0 Å². The van der Waals surface area contributed by atoms with E-state index in [2.05, 4.69) is 30.3 Å². The summed E-state index contributed by atoms with van der Waals surface area (Å²) in [6.07, 6.45) is 4.06. The molecule has 0 spiro atoms. The molecule has 0 unspecified atom stereocenters. The summed E-state index contributed by atoms with van der Waals surface area (Å²) >= 11 is 0. The molecule has 1 fully saturated rings. The third-order valence-corrected chi connectivity index (χ3v) is 5.37. The zero-order chi connectivity index (χ0) is 19.9. The van der Waals surface area contributed by atoms with Crippen LogP contribution in [0.1, 0.15) is 46.3 Å². The van der Waals surface area contributed by atoms with E-state index < -0.39 is 0 Å². The molecule has 0 atom stereocenters. The molecule has 0 bridgehead atoms. The molecular weight excluding hydrogens is 350 g/mol. The van der Waals surface area contributed by atoms with Crippen molar-refractivity contribution in [2.45, 2.75) is 32.1 Å². The number of hydrogen-bond acceptors (Lipinski definition) is 3. The van der Waals surface area contributed by atoms with Crippen molar-refractivity contribution in [3.8, 4) is 6.07 Å². The lowest BCUT2D eigenvalue weighted by molar-refractivity contribution is -0.117. The monoisotopic (exact) mass is 375 g/mol. The number of nitrogens with zero attached hydrogens (tertiary/aromatic N) is 2. The van der Waals surface area contributed by atoms with Crippen LogP contribution in [-0.2, 0) is 17.6 Å². The molecule has 5 nitrogen and oxygen atoms in total. The van der Waals surface area contributed by atoms with Gasteiger partial charge in [0.15, 0.2) is 0 Å². The first-order valence-electron chi connectivity index (χ1n) is 9.70. The predicted molar refractivity (Wildman–Crippen MR) is 107 cm³/mol. The van der Waals surface area contributed by atoms with E-state index in [0.717, 1.165) is 37.9 Å². The molecule has 1 heterocycles. The van der Waals surface area contributed by atoms with E-state index in [4.69, 9.17) is 11.0 Å². The highest BCUT2D eigenvalue weighted by atomic mass is 16.2. The number of nitrogens with two attached hydrogens (primary N) is 1. The zero-order valence-electron chi connectivity index (χ0n) is 15.9. The second kappa shape index (κ2) is 9.18. The van der Waals surface area contributed by atoms with Crippen LogP contribution in [0.15, 0.2) is 48.5 Å². The Balaban J connectivity index is 1.49. The number of hydrogen-bond donors (Lipinski definition) is 1. The zero-order valence-corrected chi connectivity index (χ0v) is 15.9. The van der Waals surface area contributed by atoms with Crippen LogP contribution in [0.25, 0.3) is 0 Å². The molecule has 3 rings (SSSR count). The van der Waals surface area contributed by atoms with Crippen molar-refractivity contribution in [1.29, 1.82) is 5.26 Å². The van der Waals surface area contributed by atoms with Crippen molar-refractivity contribution in [2.75, 3.05) is 13.1 Å². The normalized spacial score (nSPS) is 14.5. The van der Waals surface area contributed by atoms with Gasteiger partial charge in [0.05, 0.1) is 11.6 Å². The molecule has 0 radical (unpaired) electrons. The summed E-state index contributed by atoms with van der Waals surface area (Å²) in [5.41, 5.74) is 8.83. The molecule has 1 aliphatic rings. The van der Waals surface area contributed by atoms with Gasteiger partial charge in [0.2, 0.25) is 5.91 Å². The lowest BCUT2D eigenvalue weighted by atomic mass is 9.89. The van der Waals surface area contributed by atoms with Crippen LogP contribution < -0.4 is 5.73 Å². The maximum absolute atomic E-state index is 12.6. The molecule has 0 aromatic heterocycles. The molecule has 2 aromatic rings. The number of nitriles is 1. The van der Waals surface area contributed by atoms with Crippen LogP contribution in [0.4, 0.5) is 0 Å². The fraction of sp³-hybridized carbons (Fsp3) is 0.348. The Hall–Kier alpha value is -3.13. The number of benzene rings is 2. The molecule has 28 heavy (non-hydrogen) atoms. The van der Waals surface area contributed by atoms with Crippen molar-refractivity contribution in [3.05, 3.63) is 70.8 Å². The summed E-state index contributed by atoms with van der Waals surface area (Å²) in [6.45, 7) is 1.53. The Bertz CT molecular complexity index is 858. The highest BCUT2D eigenvalue weighted by molar-refractivity contribution is 5.94. The quantitative estimate of drug-likeness (QED) is 0.842. The summed E-state index contributed by atoms with van der Waals surface area (Å²) in [5, 5.41) is 8.87. The number of rotatable bonds is 6. The molecule has 1 aliphatic heterocycles. The molecule has 0 aliphatic carbocycles. The van der Waals surface area contributed by atoms with Gasteiger partial charge in [-0.25, -0.2) is 0 Å². The molecule has 5 heteroatoms. The summed E-state index contributed by atoms with van der Waals surface area (Å²) in [6, 6.07) is 17.3. The predicted octanol–water partition coefficient (Wildman–Crippen LogP) is 3.07. The SMILES string of the molecule is N#Cc1ccc(C(=O)N2CCC(Cc3ccc(CCC(N)=O)cc3)CC2)cc1. The fourth-order valence-electron chi connectivity index (χ4n) is 3.65. The minimum atomic E-state index is -0.272. The molecular formula is C23H25N3O2. The maximum Gasteiger partial charge on any atom is 0.253 e.